The maximum Gasteiger partial charge on any atom is 0.345 e. The summed E-state index contributed by atoms with van der Waals surface area (Å²) in [7, 11) is 1.61. The van der Waals surface area contributed by atoms with E-state index in [-0.39, 0.29) is 22.8 Å². The molecule has 0 unspecified atom stereocenters. The number of aromatic nitrogens is 3. The smallest absolute Gasteiger partial charge is 0.345 e. The summed E-state index contributed by atoms with van der Waals surface area (Å²) in [5.41, 5.74) is 6.06. The fourth-order valence-electron chi connectivity index (χ4n) is 1.56. The summed E-state index contributed by atoms with van der Waals surface area (Å²) in [6, 6.07) is 4.37. The average Bonchev–Trinajstić information content (AvgIpc) is 2.63. The number of thiocarbonyl (C=S) groups is 1. The molecule has 0 spiro atoms. The summed E-state index contributed by atoms with van der Waals surface area (Å²) in [5, 5.41) is 3.92. The Labute approximate surface area is 108 Å². The van der Waals surface area contributed by atoms with Crippen molar-refractivity contribution in [3.63, 3.8) is 0 Å². The highest BCUT2D eigenvalue weighted by Crippen LogP contribution is 2.11. The minimum atomic E-state index is -0.473. The lowest BCUT2D eigenvalue weighted by Crippen LogP contribution is -2.23. The van der Waals surface area contributed by atoms with Crippen LogP contribution in [0.1, 0.15) is 11.1 Å². The minimum absolute atomic E-state index is 0.0114. The molecule has 18 heavy (non-hydrogen) atoms. The van der Waals surface area contributed by atoms with Gasteiger partial charge in [0.05, 0.1) is 6.54 Å². The molecule has 7 heteroatoms. The molecule has 1 aromatic carbocycles. The molecular formula is C11H11FN4OS. The number of aryl methyl sites for hydroxylation is 1. The Bertz CT molecular complexity index is 661. The molecule has 0 aliphatic heterocycles. The number of hydrogen-bond acceptors (Lipinski definition) is 3. The molecule has 0 saturated heterocycles. The second-order valence-corrected chi connectivity index (χ2v) is 4.30. The van der Waals surface area contributed by atoms with E-state index in [1.54, 1.807) is 13.1 Å². The highest BCUT2D eigenvalue weighted by atomic mass is 32.1. The van der Waals surface area contributed by atoms with Crippen molar-refractivity contribution in [2.24, 2.45) is 12.8 Å². The van der Waals surface area contributed by atoms with Crippen LogP contribution in [0.3, 0.4) is 0 Å². The number of nitrogens with zero attached hydrogens (tertiary/aromatic N) is 3. The molecule has 0 bridgehead atoms. The first-order valence-electron chi connectivity index (χ1n) is 5.15. The predicted octanol–water partition coefficient (Wildman–Crippen LogP) is 0.403. The lowest BCUT2D eigenvalue weighted by molar-refractivity contribution is 0.618. The fraction of sp³-hybridized carbons (Fsp3) is 0.182. The summed E-state index contributed by atoms with van der Waals surface area (Å²) < 4.78 is 16.0. The van der Waals surface area contributed by atoms with Crippen molar-refractivity contribution in [3.05, 3.63) is 52.0 Å². The van der Waals surface area contributed by atoms with E-state index >= 15 is 0 Å². The molecule has 1 aromatic heterocycles. The largest absolute Gasteiger partial charge is 0.389 e. The van der Waals surface area contributed by atoms with Crippen molar-refractivity contribution in [1.82, 2.24) is 14.3 Å². The molecule has 0 saturated carbocycles. The van der Waals surface area contributed by atoms with E-state index in [2.05, 4.69) is 5.10 Å². The van der Waals surface area contributed by atoms with Crippen LogP contribution in [0.25, 0.3) is 0 Å². The molecule has 5 nitrogen and oxygen atoms in total. The number of rotatable bonds is 3. The SMILES string of the molecule is Cn1cnn(Cc2ccc(F)c(C(N)=S)c2)c1=O. The highest BCUT2D eigenvalue weighted by Gasteiger charge is 2.08. The zero-order chi connectivity index (χ0) is 13.3. The zero-order valence-corrected chi connectivity index (χ0v) is 10.4. The van der Waals surface area contributed by atoms with Crippen LogP contribution < -0.4 is 11.4 Å². The fourth-order valence-corrected chi connectivity index (χ4v) is 1.72. The Balaban J connectivity index is 2.36. The molecule has 0 aliphatic rings. The van der Waals surface area contributed by atoms with Gasteiger partial charge >= 0.3 is 5.69 Å². The highest BCUT2D eigenvalue weighted by molar-refractivity contribution is 7.80. The van der Waals surface area contributed by atoms with Crippen LogP contribution in [0.15, 0.2) is 29.3 Å². The summed E-state index contributed by atoms with van der Waals surface area (Å²) >= 11 is 4.75. The predicted molar refractivity (Wildman–Crippen MR) is 68.9 cm³/mol. The summed E-state index contributed by atoms with van der Waals surface area (Å²) in [6.45, 7) is 0.246. The van der Waals surface area contributed by atoms with Gasteiger partial charge in [-0.2, -0.15) is 5.10 Å². The van der Waals surface area contributed by atoms with Crippen molar-refractivity contribution in [2.45, 2.75) is 6.54 Å². The van der Waals surface area contributed by atoms with Crippen LogP contribution in [-0.2, 0) is 13.6 Å². The Hall–Kier alpha value is -2.02. The Morgan fingerprint density at radius 2 is 2.28 bits per heavy atom. The molecule has 0 fully saturated rings. The molecular weight excluding hydrogens is 255 g/mol. The minimum Gasteiger partial charge on any atom is -0.389 e. The lowest BCUT2D eigenvalue weighted by Gasteiger charge is -2.05. The number of halogens is 1. The second kappa shape index (κ2) is 4.69. The topological polar surface area (TPSA) is 65.8 Å². The van der Waals surface area contributed by atoms with E-state index in [1.807, 2.05) is 0 Å². The van der Waals surface area contributed by atoms with Crippen LogP contribution >= 0.6 is 12.2 Å². The molecule has 0 aliphatic carbocycles. The van der Waals surface area contributed by atoms with Crippen LogP contribution in [0.5, 0.6) is 0 Å². The molecule has 0 atom stereocenters. The molecule has 2 N–H and O–H groups in total. The van der Waals surface area contributed by atoms with Gasteiger partial charge in [0.25, 0.3) is 0 Å². The van der Waals surface area contributed by atoms with E-state index in [0.717, 1.165) is 0 Å². The van der Waals surface area contributed by atoms with Gasteiger partial charge in [0.2, 0.25) is 0 Å². The van der Waals surface area contributed by atoms with E-state index < -0.39 is 5.82 Å². The summed E-state index contributed by atoms with van der Waals surface area (Å²) in [5.74, 6) is -0.473. The second-order valence-electron chi connectivity index (χ2n) is 3.86. The van der Waals surface area contributed by atoms with E-state index in [4.69, 9.17) is 18.0 Å². The van der Waals surface area contributed by atoms with Gasteiger partial charge in [-0.15, -0.1) is 0 Å². The van der Waals surface area contributed by atoms with Gasteiger partial charge in [-0.1, -0.05) is 18.3 Å². The van der Waals surface area contributed by atoms with E-state index in [1.165, 1.54) is 27.7 Å². The third-order valence-corrected chi connectivity index (χ3v) is 2.74. The van der Waals surface area contributed by atoms with Gasteiger partial charge < -0.3 is 5.73 Å². The van der Waals surface area contributed by atoms with Crippen LogP contribution in [0.4, 0.5) is 4.39 Å². The maximum absolute atomic E-state index is 13.4. The molecule has 2 rings (SSSR count). The monoisotopic (exact) mass is 266 g/mol. The van der Waals surface area contributed by atoms with Crippen molar-refractivity contribution in [2.75, 3.05) is 0 Å². The molecule has 94 valence electrons. The van der Waals surface area contributed by atoms with Gasteiger partial charge in [-0.25, -0.2) is 13.9 Å². The van der Waals surface area contributed by atoms with Crippen molar-refractivity contribution in [3.8, 4) is 0 Å². The molecule has 1 heterocycles. The summed E-state index contributed by atoms with van der Waals surface area (Å²) in [4.78, 5) is 11.6. The Morgan fingerprint density at radius 3 is 2.83 bits per heavy atom. The standard InChI is InChI=1S/C11H11FN4OS/c1-15-6-14-16(11(15)17)5-7-2-3-9(12)8(4-7)10(13)18/h2-4,6H,5H2,1H3,(H2,13,18). The van der Waals surface area contributed by atoms with Crippen molar-refractivity contribution in [1.29, 1.82) is 0 Å². The van der Waals surface area contributed by atoms with Gasteiger partial charge in [-0.05, 0) is 17.7 Å². The number of nitrogens with two attached hydrogens (primary N) is 1. The van der Waals surface area contributed by atoms with E-state index in [0.29, 0.717) is 5.56 Å². The van der Waals surface area contributed by atoms with Crippen LogP contribution in [0, 0.1) is 5.82 Å². The van der Waals surface area contributed by atoms with Gasteiger partial charge in [0.15, 0.2) is 0 Å². The zero-order valence-electron chi connectivity index (χ0n) is 9.63. The molecule has 2 aromatic rings. The molecule has 0 radical (unpaired) electrons. The van der Waals surface area contributed by atoms with Crippen molar-refractivity contribution < 1.29 is 4.39 Å². The first-order valence-corrected chi connectivity index (χ1v) is 5.56. The van der Waals surface area contributed by atoms with Crippen LogP contribution in [-0.4, -0.2) is 19.3 Å². The van der Waals surface area contributed by atoms with Gasteiger partial charge in [0.1, 0.15) is 17.1 Å². The lowest BCUT2D eigenvalue weighted by atomic mass is 10.1. The van der Waals surface area contributed by atoms with Crippen molar-refractivity contribution >= 4 is 17.2 Å². The first-order chi connectivity index (χ1) is 8.49. The normalized spacial score (nSPS) is 10.6. The summed E-state index contributed by atoms with van der Waals surface area (Å²) in [6.07, 6.45) is 1.42. The molecule has 0 amide bonds. The Kier molecular flexibility index (Phi) is 3.24. The Morgan fingerprint density at radius 1 is 1.56 bits per heavy atom. The van der Waals surface area contributed by atoms with Crippen LogP contribution in [0.2, 0.25) is 0 Å². The van der Waals surface area contributed by atoms with Gasteiger partial charge in [0, 0.05) is 12.6 Å². The average molecular weight is 266 g/mol. The van der Waals surface area contributed by atoms with Gasteiger partial charge in [-0.3, -0.25) is 4.57 Å². The third kappa shape index (κ3) is 2.30. The number of benzene rings is 1. The third-order valence-electron chi connectivity index (χ3n) is 2.52. The maximum atomic E-state index is 13.4. The quantitative estimate of drug-likeness (QED) is 0.817. The van der Waals surface area contributed by atoms with E-state index in [9.17, 15) is 9.18 Å². The first kappa shape index (κ1) is 12.4. The number of hydrogen-bond donors (Lipinski definition) is 1.